The Labute approximate surface area is 141 Å². The third-order valence-electron chi connectivity index (χ3n) is 4.19. The number of primary amides is 1. The maximum absolute atomic E-state index is 10.8. The van der Waals surface area contributed by atoms with Crippen LogP contribution in [0, 0.1) is 0 Å². The predicted octanol–water partition coefficient (Wildman–Crippen LogP) is 2.98. The van der Waals surface area contributed by atoms with Gasteiger partial charge in [0.1, 0.15) is 16.9 Å². The minimum Gasteiger partial charge on any atom is -0.370 e. The fourth-order valence-corrected chi connectivity index (χ4v) is 3.07. The second-order valence-electron chi connectivity index (χ2n) is 6.07. The molecule has 0 radical (unpaired) electrons. The van der Waals surface area contributed by atoms with E-state index in [1.54, 1.807) is 6.20 Å². The third-order valence-corrected chi connectivity index (χ3v) is 4.19. The van der Waals surface area contributed by atoms with Crippen molar-refractivity contribution in [1.29, 1.82) is 0 Å². The van der Waals surface area contributed by atoms with E-state index in [2.05, 4.69) is 21.5 Å². The van der Waals surface area contributed by atoms with Crippen LogP contribution in [-0.4, -0.2) is 25.4 Å². The number of hydrogen-bond acceptors (Lipinski definition) is 4. The molecule has 0 spiro atoms. The molecule has 0 aliphatic rings. The van der Waals surface area contributed by atoms with Gasteiger partial charge >= 0.3 is 0 Å². The molecule has 3 aromatic rings. The number of aromatic nitrogens is 4. The number of hydrogen-bond donors (Lipinski definition) is 1. The number of rotatable bonds is 8. The molecule has 0 aliphatic carbocycles. The van der Waals surface area contributed by atoms with E-state index in [1.807, 2.05) is 18.3 Å². The Morgan fingerprint density at radius 2 is 2.08 bits per heavy atom. The van der Waals surface area contributed by atoms with Gasteiger partial charge in [0.15, 0.2) is 0 Å². The lowest BCUT2D eigenvalue weighted by Gasteiger charge is -2.09. The Morgan fingerprint density at radius 1 is 1.21 bits per heavy atom. The quantitative estimate of drug-likeness (QED) is 0.645. The van der Waals surface area contributed by atoms with Gasteiger partial charge in [-0.15, -0.1) is 0 Å². The number of nitrogens with two attached hydrogens (primary N) is 1. The van der Waals surface area contributed by atoms with Crippen LogP contribution in [0.5, 0.6) is 0 Å². The van der Waals surface area contributed by atoms with Crippen LogP contribution in [-0.2, 0) is 17.8 Å². The van der Waals surface area contributed by atoms with Crippen LogP contribution in [0.1, 0.15) is 44.9 Å². The van der Waals surface area contributed by atoms with Crippen molar-refractivity contribution in [2.45, 2.75) is 52.0 Å². The highest BCUT2D eigenvalue weighted by atomic mass is 16.1. The van der Waals surface area contributed by atoms with Gasteiger partial charge in [0.25, 0.3) is 0 Å². The highest BCUT2D eigenvalue weighted by Gasteiger charge is 2.14. The van der Waals surface area contributed by atoms with Crippen LogP contribution in [0.25, 0.3) is 22.1 Å². The zero-order valence-electron chi connectivity index (χ0n) is 14.0. The third kappa shape index (κ3) is 3.37. The van der Waals surface area contributed by atoms with Crippen LogP contribution in [0.4, 0.5) is 0 Å². The number of amides is 1. The summed E-state index contributed by atoms with van der Waals surface area (Å²) < 4.78 is 2.28. The molecular weight excluding hydrogens is 302 g/mol. The van der Waals surface area contributed by atoms with Crippen molar-refractivity contribution in [3.63, 3.8) is 0 Å². The minimum atomic E-state index is -0.226. The van der Waals surface area contributed by atoms with Crippen LogP contribution < -0.4 is 5.73 Å². The fourth-order valence-electron chi connectivity index (χ4n) is 3.07. The normalized spacial score (nSPS) is 11.4. The van der Waals surface area contributed by atoms with Crippen LogP contribution in [0.15, 0.2) is 24.5 Å². The van der Waals surface area contributed by atoms with E-state index in [0.717, 1.165) is 66.5 Å². The highest BCUT2D eigenvalue weighted by Crippen LogP contribution is 2.24. The maximum Gasteiger partial charge on any atom is 0.217 e. The molecule has 0 aromatic carbocycles. The zero-order valence-corrected chi connectivity index (χ0v) is 14.0. The molecule has 126 valence electrons. The molecule has 24 heavy (non-hydrogen) atoms. The lowest BCUT2D eigenvalue weighted by atomic mass is 10.2. The first-order chi connectivity index (χ1) is 11.7. The Hall–Kier alpha value is -2.50. The second-order valence-corrected chi connectivity index (χ2v) is 6.07. The summed E-state index contributed by atoms with van der Waals surface area (Å²) in [5.74, 6) is 0.860. The van der Waals surface area contributed by atoms with Gasteiger partial charge in [-0.1, -0.05) is 13.3 Å². The van der Waals surface area contributed by atoms with Gasteiger partial charge in [0.05, 0.1) is 17.2 Å². The van der Waals surface area contributed by atoms with Crippen molar-refractivity contribution >= 4 is 28.0 Å². The lowest BCUT2D eigenvalue weighted by Crippen LogP contribution is -2.10. The smallest absolute Gasteiger partial charge is 0.217 e. The summed E-state index contributed by atoms with van der Waals surface area (Å²) in [6.07, 6.45) is 8.88. The molecule has 2 N–H and O–H groups in total. The molecule has 3 heterocycles. The minimum absolute atomic E-state index is 0.226. The number of nitrogens with zero attached hydrogens (tertiary/aromatic N) is 4. The number of unbranched alkanes of at least 4 members (excludes halogenated alkanes) is 2. The Kier molecular flexibility index (Phi) is 5.03. The van der Waals surface area contributed by atoms with Crippen molar-refractivity contribution in [2.24, 2.45) is 5.73 Å². The Bertz CT molecular complexity index is 855. The first-order valence-corrected chi connectivity index (χ1v) is 8.58. The van der Waals surface area contributed by atoms with E-state index in [-0.39, 0.29) is 5.91 Å². The lowest BCUT2D eigenvalue weighted by molar-refractivity contribution is -0.118. The van der Waals surface area contributed by atoms with Crippen molar-refractivity contribution in [1.82, 2.24) is 19.5 Å². The molecule has 0 atom stereocenters. The molecule has 0 saturated carbocycles. The van der Waals surface area contributed by atoms with E-state index in [4.69, 9.17) is 10.7 Å². The average Bonchev–Trinajstić information content (AvgIpc) is 2.92. The summed E-state index contributed by atoms with van der Waals surface area (Å²) in [6.45, 7) is 3.03. The number of pyridine rings is 2. The van der Waals surface area contributed by atoms with Gasteiger partial charge < -0.3 is 10.3 Å². The molecular formula is C18H23N5O. The predicted molar refractivity (Wildman–Crippen MR) is 94.5 cm³/mol. The largest absolute Gasteiger partial charge is 0.370 e. The van der Waals surface area contributed by atoms with E-state index in [9.17, 15) is 4.79 Å². The number of fused-ring (bicyclic) bond motifs is 3. The Morgan fingerprint density at radius 3 is 2.88 bits per heavy atom. The van der Waals surface area contributed by atoms with Crippen LogP contribution in [0.3, 0.4) is 0 Å². The first-order valence-electron chi connectivity index (χ1n) is 8.58. The Balaban J connectivity index is 1.92. The van der Waals surface area contributed by atoms with E-state index in [1.165, 1.54) is 0 Å². The zero-order chi connectivity index (χ0) is 16.9. The van der Waals surface area contributed by atoms with Gasteiger partial charge in [-0.2, -0.15) is 0 Å². The number of carbonyl (C=O) groups is 1. The number of carbonyl (C=O) groups excluding carboxylic acids is 1. The molecule has 0 bridgehead atoms. The van der Waals surface area contributed by atoms with Crippen LogP contribution >= 0.6 is 0 Å². The SMILES string of the molecule is CCCc1nc2cnc3cccnc3c2n1CCCCCC(N)=O. The van der Waals surface area contributed by atoms with E-state index >= 15 is 0 Å². The van der Waals surface area contributed by atoms with Gasteiger partial charge in [-0.25, -0.2) is 4.98 Å². The fraction of sp³-hybridized carbons (Fsp3) is 0.444. The molecule has 3 rings (SSSR count). The molecule has 0 aliphatic heterocycles. The molecule has 1 amide bonds. The summed E-state index contributed by atoms with van der Waals surface area (Å²) >= 11 is 0. The summed E-state index contributed by atoms with van der Waals surface area (Å²) in [7, 11) is 0. The summed E-state index contributed by atoms with van der Waals surface area (Å²) in [5.41, 5.74) is 8.97. The first kappa shape index (κ1) is 16.4. The number of imidazole rings is 1. The van der Waals surface area contributed by atoms with Gasteiger partial charge in [-0.3, -0.25) is 14.8 Å². The molecule has 3 aromatic heterocycles. The van der Waals surface area contributed by atoms with Crippen molar-refractivity contribution in [2.75, 3.05) is 0 Å². The monoisotopic (exact) mass is 325 g/mol. The highest BCUT2D eigenvalue weighted by molar-refractivity contribution is 5.99. The summed E-state index contributed by atoms with van der Waals surface area (Å²) in [4.78, 5) is 24.6. The molecule has 6 nitrogen and oxygen atoms in total. The number of aryl methyl sites for hydroxylation is 2. The second kappa shape index (κ2) is 7.38. The van der Waals surface area contributed by atoms with Gasteiger partial charge in [-0.05, 0) is 31.4 Å². The topological polar surface area (TPSA) is 86.7 Å². The van der Waals surface area contributed by atoms with Crippen LogP contribution in [0.2, 0.25) is 0 Å². The van der Waals surface area contributed by atoms with Crippen molar-refractivity contribution < 1.29 is 4.79 Å². The van der Waals surface area contributed by atoms with Gasteiger partial charge in [0, 0.05) is 25.6 Å². The maximum atomic E-state index is 10.8. The molecule has 0 fully saturated rings. The average molecular weight is 325 g/mol. The standard InChI is InChI=1S/C18H23N5O/c1-2-7-16-22-14-12-21-13-8-6-10-20-17(13)18(14)23(16)11-5-3-4-9-15(19)24/h6,8,10,12H,2-5,7,9,11H2,1H3,(H2,19,24). The summed E-state index contributed by atoms with van der Waals surface area (Å²) in [6, 6.07) is 3.88. The van der Waals surface area contributed by atoms with Crippen molar-refractivity contribution in [3.8, 4) is 0 Å². The summed E-state index contributed by atoms with van der Waals surface area (Å²) in [5, 5.41) is 0. The molecule has 0 unspecified atom stereocenters. The van der Waals surface area contributed by atoms with Crippen molar-refractivity contribution in [3.05, 3.63) is 30.4 Å². The molecule has 0 saturated heterocycles. The molecule has 6 heteroatoms. The van der Waals surface area contributed by atoms with E-state index < -0.39 is 0 Å². The van der Waals surface area contributed by atoms with E-state index in [0.29, 0.717) is 6.42 Å². The van der Waals surface area contributed by atoms with Gasteiger partial charge in [0.2, 0.25) is 5.91 Å².